The number of hydrogen-bond donors (Lipinski definition) is 0. The molecule has 0 atom stereocenters. The first kappa shape index (κ1) is 20.7. The number of carbonyl (C=O) groups is 2. The van der Waals surface area contributed by atoms with E-state index >= 15 is 0 Å². The number of nitro groups is 1. The first-order valence-electron chi connectivity index (χ1n) is 10.2. The van der Waals surface area contributed by atoms with Crippen LogP contribution in [0.1, 0.15) is 21.5 Å². The number of carbonyl (C=O) groups excluding carboxylic acids is 2. The van der Waals surface area contributed by atoms with E-state index in [4.69, 9.17) is 0 Å². The molecule has 6 heteroatoms. The smallest absolute Gasteiger partial charge is 0.277 e. The van der Waals surface area contributed by atoms with Crippen molar-refractivity contribution in [2.45, 2.75) is 0 Å². The van der Waals surface area contributed by atoms with E-state index in [-0.39, 0.29) is 16.8 Å². The number of nitrogens with zero attached hydrogens (tertiary/aromatic N) is 1. The molecular weight excluding hydrogens is 433 g/mol. The van der Waals surface area contributed by atoms with Gasteiger partial charge in [0.25, 0.3) is 5.69 Å². The number of ketones is 1. The van der Waals surface area contributed by atoms with Crippen LogP contribution in [-0.4, -0.2) is 22.3 Å². The molecule has 4 aromatic rings. The maximum Gasteiger partial charge on any atom is 0.277 e. The Labute approximate surface area is 191 Å². The van der Waals surface area contributed by atoms with Gasteiger partial charge in [0, 0.05) is 28.3 Å². The number of fused-ring (bicyclic) bond motifs is 3. The predicted octanol–water partition coefficient (Wildman–Crippen LogP) is 6.27. The number of benzene rings is 4. The summed E-state index contributed by atoms with van der Waals surface area (Å²) in [6.45, 7) is 0. The molecule has 0 N–H and O–H groups in total. The lowest BCUT2D eigenvalue weighted by atomic mass is 9.87. The lowest BCUT2D eigenvalue weighted by Crippen LogP contribution is -2.01. The van der Waals surface area contributed by atoms with Crippen molar-refractivity contribution in [3.63, 3.8) is 0 Å². The second kappa shape index (κ2) is 8.05. The first-order valence-corrected chi connectivity index (χ1v) is 10.6. The Balaban J connectivity index is 1.86. The van der Waals surface area contributed by atoms with Gasteiger partial charge in [-0.2, -0.15) is 5.29 Å². The highest BCUT2D eigenvalue weighted by molar-refractivity contribution is 7.26. The topological polar surface area (TPSA) is 77.3 Å². The second-order valence-electron chi connectivity index (χ2n) is 7.61. The molecule has 0 bridgehead atoms. The number of hydrogen-bond acceptors (Lipinski definition) is 4. The molecule has 33 heavy (non-hydrogen) atoms. The maximum atomic E-state index is 13.3. The van der Waals surface area contributed by atoms with Crippen molar-refractivity contribution in [1.29, 1.82) is 0 Å². The Hall–Kier alpha value is -4.21. The number of para-hydroxylation sites is 1. The summed E-state index contributed by atoms with van der Waals surface area (Å²) in [7, 11) is 4.34. The van der Waals surface area contributed by atoms with Gasteiger partial charge < -0.3 is 13.7 Å². The van der Waals surface area contributed by atoms with Crippen LogP contribution in [0.5, 0.6) is 0 Å². The molecule has 158 valence electrons. The Kier molecular flexibility index (Phi) is 5.04. The summed E-state index contributed by atoms with van der Waals surface area (Å²) in [5, 5.41) is 12.0. The zero-order valence-electron chi connectivity index (χ0n) is 17.2. The average Bonchev–Trinajstić information content (AvgIpc) is 3.16. The molecule has 4 aromatic carbocycles. The fraction of sp³-hybridized carbons (Fsp3) is 0. The molecule has 0 saturated heterocycles. The van der Waals surface area contributed by atoms with Crippen molar-refractivity contribution >= 4 is 31.9 Å². The average molecular weight is 448 g/mol. The van der Waals surface area contributed by atoms with Crippen LogP contribution in [0.4, 0.5) is 5.69 Å². The highest BCUT2D eigenvalue weighted by atomic mass is 31.0. The fourth-order valence-electron chi connectivity index (χ4n) is 4.48. The molecule has 0 fully saturated rings. The number of nitro benzene ring substituents is 1. The van der Waals surface area contributed by atoms with Gasteiger partial charge in [-0.15, -0.1) is 0 Å². The molecular formula is C27H15NO4P-. The molecule has 0 spiro atoms. The third kappa shape index (κ3) is 3.22. The van der Waals surface area contributed by atoms with Crippen LogP contribution in [0.25, 0.3) is 33.4 Å². The van der Waals surface area contributed by atoms with Crippen molar-refractivity contribution in [2.24, 2.45) is 0 Å². The minimum absolute atomic E-state index is 0.0309. The summed E-state index contributed by atoms with van der Waals surface area (Å²) in [5.74, 6) is -0.134. The van der Waals surface area contributed by atoms with Gasteiger partial charge in [-0.25, -0.2) is 0 Å². The summed E-state index contributed by atoms with van der Waals surface area (Å²) < 4.78 is 0. The Bertz CT molecular complexity index is 1510. The summed E-state index contributed by atoms with van der Waals surface area (Å²) in [4.78, 5) is 36.1. The molecule has 0 amide bonds. The highest BCUT2D eigenvalue weighted by Crippen LogP contribution is 2.49. The molecule has 0 saturated carbocycles. The summed E-state index contributed by atoms with van der Waals surface area (Å²) in [5.41, 5.74) is 5.56. The Morgan fingerprint density at radius 3 is 1.79 bits per heavy atom. The minimum Gasteiger partial charge on any atom is -0.718 e. The SMILES string of the molecule is O=CC(=[P-])c1ccccc1-c1cccc2c1-c1c(cccc1-c1ccccc1[N+](=O)[O-])C2=O. The maximum absolute atomic E-state index is 13.3. The van der Waals surface area contributed by atoms with E-state index in [0.717, 1.165) is 11.1 Å². The molecule has 0 aromatic heterocycles. The molecule has 0 unspecified atom stereocenters. The third-order valence-corrected chi connectivity index (χ3v) is 6.21. The van der Waals surface area contributed by atoms with Crippen LogP contribution in [0.15, 0.2) is 84.9 Å². The van der Waals surface area contributed by atoms with Crippen molar-refractivity contribution in [2.75, 3.05) is 0 Å². The van der Waals surface area contributed by atoms with E-state index in [1.165, 1.54) is 6.07 Å². The minimum atomic E-state index is -0.417. The molecule has 1 aliphatic carbocycles. The Morgan fingerprint density at radius 2 is 1.18 bits per heavy atom. The molecule has 1 aliphatic rings. The van der Waals surface area contributed by atoms with E-state index in [1.54, 1.807) is 54.6 Å². The van der Waals surface area contributed by atoms with Crippen molar-refractivity contribution in [1.82, 2.24) is 0 Å². The van der Waals surface area contributed by atoms with E-state index in [1.807, 2.05) is 24.3 Å². The first-order chi connectivity index (χ1) is 16.0. The zero-order chi connectivity index (χ0) is 23.1. The van der Waals surface area contributed by atoms with Crippen LogP contribution in [0.2, 0.25) is 0 Å². The van der Waals surface area contributed by atoms with Crippen molar-refractivity contribution in [3.05, 3.63) is 112 Å². The zero-order valence-corrected chi connectivity index (χ0v) is 18.1. The normalized spacial score (nSPS) is 11.6. The van der Waals surface area contributed by atoms with Crippen LogP contribution in [0, 0.1) is 10.1 Å². The quantitative estimate of drug-likeness (QED) is 0.137. The van der Waals surface area contributed by atoms with Gasteiger partial charge in [-0.3, -0.25) is 14.9 Å². The van der Waals surface area contributed by atoms with Gasteiger partial charge in [-0.1, -0.05) is 72.8 Å². The van der Waals surface area contributed by atoms with Crippen molar-refractivity contribution < 1.29 is 14.5 Å². The van der Waals surface area contributed by atoms with Gasteiger partial charge in [-0.05, 0) is 28.3 Å². The summed E-state index contributed by atoms with van der Waals surface area (Å²) >= 11 is 0. The Morgan fingerprint density at radius 1 is 0.697 bits per heavy atom. The predicted molar refractivity (Wildman–Crippen MR) is 130 cm³/mol. The second-order valence-corrected chi connectivity index (χ2v) is 8.09. The summed E-state index contributed by atoms with van der Waals surface area (Å²) in [6.07, 6.45) is 0.683. The van der Waals surface area contributed by atoms with Crippen LogP contribution in [-0.2, 0) is 4.79 Å². The standard InChI is InChI=1S/C27H15NO4P/c29-15-24(33)18-9-2-1-7-16(18)19-10-5-12-21-25(19)26-20(11-6-13-22(26)27(21)30)17-8-3-4-14-23(17)28(31)32/h1-15H/q-1. The molecule has 0 heterocycles. The van der Waals surface area contributed by atoms with E-state index in [9.17, 15) is 19.7 Å². The van der Waals surface area contributed by atoms with Gasteiger partial charge in [0.05, 0.1) is 10.5 Å². The summed E-state index contributed by atoms with van der Waals surface area (Å²) in [6, 6.07) is 24.6. The van der Waals surface area contributed by atoms with Crippen molar-refractivity contribution in [3.8, 4) is 33.4 Å². The highest BCUT2D eigenvalue weighted by Gasteiger charge is 2.33. The van der Waals surface area contributed by atoms with Crippen LogP contribution in [0.3, 0.4) is 0 Å². The molecule has 0 aliphatic heterocycles. The van der Waals surface area contributed by atoms with Crippen LogP contribution >= 0.6 is 8.86 Å². The van der Waals surface area contributed by atoms with Crippen LogP contribution < -0.4 is 0 Å². The number of aldehydes is 1. The fourth-order valence-corrected chi connectivity index (χ4v) is 4.68. The number of rotatable bonds is 5. The van der Waals surface area contributed by atoms with E-state index < -0.39 is 4.92 Å². The molecule has 0 radical (unpaired) electrons. The lowest BCUT2D eigenvalue weighted by molar-refractivity contribution is -0.384. The van der Waals surface area contributed by atoms with E-state index in [2.05, 4.69) is 8.86 Å². The third-order valence-electron chi connectivity index (χ3n) is 5.86. The largest absolute Gasteiger partial charge is 0.718 e. The molecule has 5 rings (SSSR count). The van der Waals surface area contributed by atoms with Gasteiger partial charge in [0.1, 0.15) is 6.29 Å². The van der Waals surface area contributed by atoms with Gasteiger partial charge >= 0.3 is 0 Å². The van der Waals surface area contributed by atoms with Gasteiger partial charge in [0.15, 0.2) is 5.78 Å². The monoisotopic (exact) mass is 448 g/mol. The lowest BCUT2D eigenvalue weighted by Gasteiger charge is -2.18. The van der Waals surface area contributed by atoms with Gasteiger partial charge in [0.2, 0.25) is 0 Å². The van der Waals surface area contributed by atoms with E-state index in [0.29, 0.717) is 45.2 Å². The molecule has 5 nitrogen and oxygen atoms in total.